The quantitative estimate of drug-likeness (QED) is 0.803. The summed E-state index contributed by atoms with van der Waals surface area (Å²) >= 11 is 0. The molecular formula is C14H22N2O3. The van der Waals surface area contributed by atoms with Gasteiger partial charge in [0.25, 0.3) is 0 Å². The van der Waals surface area contributed by atoms with Crippen molar-refractivity contribution in [3.05, 3.63) is 18.2 Å². The number of morpholine rings is 1. The number of para-hydroxylation sites is 1. The summed E-state index contributed by atoms with van der Waals surface area (Å²) in [5.74, 6) is 0.690. The molecule has 1 fully saturated rings. The summed E-state index contributed by atoms with van der Waals surface area (Å²) in [7, 11) is 0. The Bertz CT molecular complexity index is 423. The average molecular weight is 266 g/mol. The lowest BCUT2D eigenvalue weighted by molar-refractivity contribution is 0.0727. The molecule has 1 heterocycles. The number of hydrogen-bond donors (Lipinski definition) is 2. The van der Waals surface area contributed by atoms with Crippen LogP contribution in [0.4, 0.5) is 11.4 Å². The Morgan fingerprint density at radius 2 is 2.32 bits per heavy atom. The van der Waals surface area contributed by atoms with E-state index in [1.807, 2.05) is 32.0 Å². The zero-order valence-electron chi connectivity index (χ0n) is 11.5. The molecule has 0 aromatic heterocycles. The van der Waals surface area contributed by atoms with Crippen LogP contribution in [0, 0.1) is 0 Å². The van der Waals surface area contributed by atoms with Gasteiger partial charge in [0.1, 0.15) is 5.75 Å². The van der Waals surface area contributed by atoms with Crippen molar-refractivity contribution in [1.82, 2.24) is 0 Å². The SMILES string of the molecule is CC(C)Oc1cccc(N2CCOCC2CO)c1N. The molecule has 19 heavy (non-hydrogen) atoms. The lowest BCUT2D eigenvalue weighted by atomic mass is 10.1. The van der Waals surface area contributed by atoms with Gasteiger partial charge in [-0.2, -0.15) is 0 Å². The lowest BCUT2D eigenvalue weighted by Crippen LogP contribution is -2.47. The van der Waals surface area contributed by atoms with Crippen molar-refractivity contribution >= 4 is 11.4 Å². The molecule has 0 radical (unpaired) electrons. The third-order valence-electron chi connectivity index (χ3n) is 3.15. The van der Waals surface area contributed by atoms with Gasteiger partial charge < -0.3 is 25.2 Å². The fourth-order valence-corrected chi connectivity index (χ4v) is 2.26. The second-order valence-corrected chi connectivity index (χ2v) is 4.96. The minimum Gasteiger partial charge on any atom is -0.489 e. The molecule has 0 aliphatic carbocycles. The highest BCUT2D eigenvalue weighted by atomic mass is 16.5. The van der Waals surface area contributed by atoms with Gasteiger partial charge >= 0.3 is 0 Å². The number of ether oxygens (including phenoxy) is 2. The number of nitrogens with zero attached hydrogens (tertiary/aromatic N) is 1. The van der Waals surface area contributed by atoms with E-state index in [0.29, 0.717) is 24.7 Å². The number of nitrogen functional groups attached to an aromatic ring is 1. The molecule has 1 atom stereocenters. The highest BCUT2D eigenvalue weighted by Gasteiger charge is 2.25. The summed E-state index contributed by atoms with van der Waals surface area (Å²) < 4.78 is 11.1. The van der Waals surface area contributed by atoms with Crippen molar-refractivity contribution in [3.63, 3.8) is 0 Å². The molecule has 1 aliphatic heterocycles. The van der Waals surface area contributed by atoms with Crippen LogP contribution in [0.15, 0.2) is 18.2 Å². The van der Waals surface area contributed by atoms with E-state index in [2.05, 4.69) is 4.90 Å². The fourth-order valence-electron chi connectivity index (χ4n) is 2.26. The van der Waals surface area contributed by atoms with Crippen LogP contribution in [0.5, 0.6) is 5.75 Å². The molecule has 5 heteroatoms. The molecule has 0 amide bonds. The third-order valence-corrected chi connectivity index (χ3v) is 3.15. The fraction of sp³-hybridized carbons (Fsp3) is 0.571. The summed E-state index contributed by atoms with van der Waals surface area (Å²) in [6.45, 7) is 5.88. The first-order valence-corrected chi connectivity index (χ1v) is 6.64. The largest absolute Gasteiger partial charge is 0.489 e. The summed E-state index contributed by atoms with van der Waals surface area (Å²) in [4.78, 5) is 2.09. The van der Waals surface area contributed by atoms with E-state index in [9.17, 15) is 5.11 Å². The molecule has 1 unspecified atom stereocenters. The number of aliphatic hydroxyl groups is 1. The predicted molar refractivity (Wildman–Crippen MR) is 75.7 cm³/mol. The standard InChI is InChI=1S/C14H22N2O3/c1-10(2)19-13-5-3-4-12(14(13)15)16-6-7-18-9-11(16)8-17/h3-5,10-11,17H,6-9,15H2,1-2H3. The van der Waals surface area contributed by atoms with Gasteiger partial charge in [-0.25, -0.2) is 0 Å². The van der Waals surface area contributed by atoms with E-state index in [4.69, 9.17) is 15.2 Å². The molecule has 0 bridgehead atoms. The minimum absolute atomic E-state index is 0.0503. The van der Waals surface area contributed by atoms with E-state index < -0.39 is 0 Å². The van der Waals surface area contributed by atoms with E-state index >= 15 is 0 Å². The molecule has 3 N–H and O–H groups in total. The average Bonchev–Trinajstić information content (AvgIpc) is 2.41. The van der Waals surface area contributed by atoms with Crippen molar-refractivity contribution in [2.45, 2.75) is 26.0 Å². The summed E-state index contributed by atoms with van der Waals surface area (Å²) in [6, 6.07) is 5.70. The van der Waals surface area contributed by atoms with Crippen molar-refractivity contribution < 1.29 is 14.6 Å². The molecule has 0 spiro atoms. The Morgan fingerprint density at radius 1 is 1.53 bits per heavy atom. The van der Waals surface area contributed by atoms with Crippen molar-refractivity contribution in [2.24, 2.45) is 0 Å². The van der Waals surface area contributed by atoms with Crippen LogP contribution in [0.25, 0.3) is 0 Å². The maximum atomic E-state index is 9.43. The van der Waals surface area contributed by atoms with E-state index in [0.717, 1.165) is 12.2 Å². The van der Waals surface area contributed by atoms with Crippen LogP contribution in [0.3, 0.4) is 0 Å². The van der Waals surface area contributed by atoms with Gasteiger partial charge in [-0.3, -0.25) is 0 Å². The smallest absolute Gasteiger partial charge is 0.144 e. The molecule has 1 aliphatic rings. The first-order chi connectivity index (χ1) is 9.13. The monoisotopic (exact) mass is 266 g/mol. The van der Waals surface area contributed by atoms with E-state index in [1.54, 1.807) is 0 Å². The predicted octanol–water partition coefficient (Wildman–Crippen LogP) is 1.25. The summed E-state index contributed by atoms with van der Waals surface area (Å²) in [6.07, 6.45) is 0.0795. The van der Waals surface area contributed by atoms with Gasteiger partial charge in [-0.05, 0) is 26.0 Å². The Balaban J connectivity index is 2.28. The number of rotatable bonds is 4. The molecule has 0 saturated carbocycles. The zero-order chi connectivity index (χ0) is 13.8. The molecule has 5 nitrogen and oxygen atoms in total. The maximum Gasteiger partial charge on any atom is 0.144 e. The van der Waals surface area contributed by atoms with Crippen LogP contribution < -0.4 is 15.4 Å². The first-order valence-electron chi connectivity index (χ1n) is 6.64. The minimum atomic E-state index is -0.0506. The normalized spacial score (nSPS) is 19.8. The molecule has 1 aromatic rings. The highest BCUT2D eigenvalue weighted by molar-refractivity contribution is 5.74. The van der Waals surface area contributed by atoms with E-state index in [1.165, 1.54) is 0 Å². The number of anilines is 2. The molecule has 1 aromatic carbocycles. The summed E-state index contributed by atoms with van der Waals surface area (Å²) in [5, 5.41) is 9.43. The van der Waals surface area contributed by atoms with Crippen LogP contribution in [0.1, 0.15) is 13.8 Å². The van der Waals surface area contributed by atoms with Gasteiger partial charge in [0.2, 0.25) is 0 Å². The number of hydrogen-bond acceptors (Lipinski definition) is 5. The number of nitrogens with two attached hydrogens (primary N) is 1. The molecule has 1 saturated heterocycles. The third kappa shape index (κ3) is 3.11. The Hall–Kier alpha value is -1.46. The second-order valence-electron chi connectivity index (χ2n) is 4.96. The van der Waals surface area contributed by atoms with Crippen molar-refractivity contribution in [1.29, 1.82) is 0 Å². The van der Waals surface area contributed by atoms with Gasteiger partial charge in [0.05, 0.1) is 43.3 Å². The maximum absolute atomic E-state index is 9.43. The van der Waals surface area contributed by atoms with E-state index in [-0.39, 0.29) is 18.8 Å². The van der Waals surface area contributed by atoms with Crippen molar-refractivity contribution in [2.75, 3.05) is 37.0 Å². The van der Waals surface area contributed by atoms with Crippen LogP contribution >= 0.6 is 0 Å². The zero-order valence-corrected chi connectivity index (χ0v) is 11.5. The van der Waals surface area contributed by atoms with Crippen LogP contribution in [-0.4, -0.2) is 43.6 Å². The topological polar surface area (TPSA) is 68.0 Å². The Kier molecular flexibility index (Phi) is 4.50. The lowest BCUT2D eigenvalue weighted by Gasteiger charge is -2.37. The molecule has 106 valence electrons. The van der Waals surface area contributed by atoms with Gasteiger partial charge in [-0.1, -0.05) is 6.07 Å². The van der Waals surface area contributed by atoms with Crippen LogP contribution in [-0.2, 0) is 4.74 Å². The summed E-state index contributed by atoms with van der Waals surface area (Å²) in [5.41, 5.74) is 7.72. The molecular weight excluding hydrogens is 244 g/mol. The van der Waals surface area contributed by atoms with Gasteiger partial charge in [0.15, 0.2) is 0 Å². The van der Waals surface area contributed by atoms with Crippen LogP contribution in [0.2, 0.25) is 0 Å². The number of aliphatic hydroxyl groups excluding tert-OH is 1. The highest BCUT2D eigenvalue weighted by Crippen LogP contribution is 2.34. The Labute approximate surface area is 113 Å². The second kappa shape index (κ2) is 6.12. The first kappa shape index (κ1) is 14.0. The number of benzene rings is 1. The van der Waals surface area contributed by atoms with Crippen molar-refractivity contribution in [3.8, 4) is 5.75 Å². The molecule has 2 rings (SSSR count). The Morgan fingerprint density at radius 3 is 3.00 bits per heavy atom. The van der Waals surface area contributed by atoms with Gasteiger partial charge in [0, 0.05) is 6.54 Å². The van der Waals surface area contributed by atoms with Gasteiger partial charge in [-0.15, -0.1) is 0 Å².